The van der Waals surface area contributed by atoms with Crippen molar-refractivity contribution in [1.29, 1.82) is 0 Å². The van der Waals surface area contributed by atoms with E-state index in [0.717, 1.165) is 9.13 Å². The first kappa shape index (κ1) is 15.4. The molecule has 0 saturated carbocycles. The third-order valence-electron chi connectivity index (χ3n) is 2.44. The Labute approximate surface area is 122 Å². The van der Waals surface area contributed by atoms with E-state index in [1.807, 2.05) is 24.3 Å². The van der Waals surface area contributed by atoms with Gasteiger partial charge in [0, 0.05) is 10.1 Å². The van der Waals surface area contributed by atoms with E-state index in [2.05, 4.69) is 40.5 Å². The topological polar surface area (TPSA) is 46.2 Å². The SMILES string of the molecule is C=CCNS(=O)(=O)C(CC=C)c1ccccc1I. The van der Waals surface area contributed by atoms with Gasteiger partial charge in [0.15, 0.2) is 0 Å². The average Bonchev–Trinajstić information content (AvgIpc) is 2.34. The lowest BCUT2D eigenvalue weighted by Gasteiger charge is -2.18. The lowest BCUT2D eigenvalue weighted by molar-refractivity contribution is 0.571. The molecule has 18 heavy (non-hydrogen) atoms. The van der Waals surface area contributed by atoms with Crippen molar-refractivity contribution >= 4 is 32.6 Å². The molecule has 0 aromatic heterocycles. The van der Waals surface area contributed by atoms with Gasteiger partial charge in [0.1, 0.15) is 5.25 Å². The molecular formula is C13H16INO2S. The van der Waals surface area contributed by atoms with Crippen molar-refractivity contribution in [2.45, 2.75) is 11.7 Å². The lowest BCUT2D eigenvalue weighted by Crippen LogP contribution is -2.29. The van der Waals surface area contributed by atoms with Gasteiger partial charge in [0.05, 0.1) is 0 Å². The van der Waals surface area contributed by atoms with Crippen LogP contribution in [0, 0.1) is 3.57 Å². The Morgan fingerprint density at radius 1 is 1.28 bits per heavy atom. The molecule has 98 valence electrons. The summed E-state index contributed by atoms with van der Waals surface area (Å²) in [7, 11) is -3.42. The Morgan fingerprint density at radius 2 is 1.94 bits per heavy atom. The summed E-state index contributed by atoms with van der Waals surface area (Å²) in [5, 5.41) is -0.608. The molecule has 0 bridgehead atoms. The second-order valence-electron chi connectivity index (χ2n) is 3.72. The van der Waals surface area contributed by atoms with Crippen LogP contribution in [0.4, 0.5) is 0 Å². The molecule has 0 saturated heterocycles. The number of nitrogens with one attached hydrogen (secondary N) is 1. The van der Waals surface area contributed by atoms with E-state index >= 15 is 0 Å². The highest BCUT2D eigenvalue weighted by atomic mass is 127. The fourth-order valence-corrected chi connectivity index (χ4v) is 4.04. The van der Waals surface area contributed by atoms with Gasteiger partial charge in [-0.05, 0) is 40.6 Å². The van der Waals surface area contributed by atoms with Gasteiger partial charge < -0.3 is 0 Å². The molecule has 1 N–H and O–H groups in total. The summed E-state index contributed by atoms with van der Waals surface area (Å²) in [4.78, 5) is 0. The van der Waals surface area contributed by atoms with E-state index in [1.54, 1.807) is 6.08 Å². The van der Waals surface area contributed by atoms with Crippen molar-refractivity contribution < 1.29 is 8.42 Å². The molecule has 1 aromatic carbocycles. The molecule has 3 nitrogen and oxygen atoms in total. The number of benzene rings is 1. The van der Waals surface area contributed by atoms with Gasteiger partial charge in [0.25, 0.3) is 0 Å². The number of hydrogen-bond donors (Lipinski definition) is 1. The van der Waals surface area contributed by atoms with Crippen LogP contribution in [0.1, 0.15) is 17.2 Å². The van der Waals surface area contributed by atoms with Crippen molar-refractivity contribution in [3.05, 3.63) is 58.7 Å². The molecule has 1 rings (SSSR count). The fourth-order valence-electron chi connectivity index (χ4n) is 1.58. The van der Waals surface area contributed by atoms with Crippen LogP contribution in [-0.2, 0) is 10.0 Å². The van der Waals surface area contributed by atoms with Gasteiger partial charge >= 0.3 is 0 Å². The van der Waals surface area contributed by atoms with Crippen LogP contribution < -0.4 is 4.72 Å². The minimum Gasteiger partial charge on any atom is -0.212 e. The zero-order chi connectivity index (χ0) is 13.6. The van der Waals surface area contributed by atoms with Crippen molar-refractivity contribution in [2.24, 2.45) is 0 Å². The summed E-state index contributed by atoms with van der Waals surface area (Å²) in [6, 6.07) is 7.47. The smallest absolute Gasteiger partial charge is 0.212 e. The summed E-state index contributed by atoms with van der Waals surface area (Å²) in [6.45, 7) is 7.38. The third kappa shape index (κ3) is 3.93. The van der Waals surface area contributed by atoms with Crippen LogP contribution in [0.2, 0.25) is 0 Å². The second-order valence-corrected chi connectivity index (χ2v) is 6.83. The van der Waals surface area contributed by atoms with E-state index in [1.165, 1.54) is 6.08 Å². The van der Waals surface area contributed by atoms with Crippen LogP contribution in [0.3, 0.4) is 0 Å². The molecule has 5 heteroatoms. The molecule has 0 aliphatic carbocycles. The van der Waals surface area contributed by atoms with Crippen molar-refractivity contribution in [2.75, 3.05) is 6.54 Å². The molecule has 1 aromatic rings. The molecule has 0 aliphatic rings. The highest BCUT2D eigenvalue weighted by Gasteiger charge is 2.26. The van der Waals surface area contributed by atoms with E-state index in [-0.39, 0.29) is 6.54 Å². The van der Waals surface area contributed by atoms with Crippen molar-refractivity contribution in [1.82, 2.24) is 4.72 Å². The minimum absolute atomic E-state index is 0.236. The Hall–Kier alpha value is -0.660. The normalized spacial score (nSPS) is 12.9. The molecule has 1 unspecified atom stereocenters. The molecule has 0 heterocycles. The first-order valence-corrected chi connectivity index (χ1v) is 8.10. The maximum atomic E-state index is 12.2. The van der Waals surface area contributed by atoms with Crippen LogP contribution in [0.25, 0.3) is 0 Å². The monoisotopic (exact) mass is 377 g/mol. The fraction of sp³-hybridized carbons (Fsp3) is 0.231. The van der Waals surface area contributed by atoms with E-state index in [4.69, 9.17) is 0 Å². The number of allylic oxidation sites excluding steroid dienone is 1. The highest BCUT2D eigenvalue weighted by Crippen LogP contribution is 2.29. The third-order valence-corrected chi connectivity index (χ3v) is 5.18. The Morgan fingerprint density at radius 3 is 2.50 bits per heavy atom. The Bertz CT molecular complexity index is 526. The number of halogens is 1. The summed E-state index contributed by atoms with van der Waals surface area (Å²) < 4.78 is 27.9. The largest absolute Gasteiger partial charge is 0.219 e. The Balaban J connectivity index is 3.14. The average molecular weight is 377 g/mol. The quantitative estimate of drug-likeness (QED) is 0.587. The van der Waals surface area contributed by atoms with Crippen molar-refractivity contribution in [3.8, 4) is 0 Å². The van der Waals surface area contributed by atoms with Gasteiger partial charge in [-0.15, -0.1) is 13.2 Å². The maximum Gasteiger partial charge on any atom is 0.219 e. The molecular weight excluding hydrogens is 361 g/mol. The highest BCUT2D eigenvalue weighted by molar-refractivity contribution is 14.1. The summed E-state index contributed by atoms with van der Waals surface area (Å²) >= 11 is 2.15. The second kappa shape index (κ2) is 7.06. The van der Waals surface area contributed by atoms with E-state index in [0.29, 0.717) is 6.42 Å². The molecule has 0 spiro atoms. The number of rotatable bonds is 7. The van der Waals surface area contributed by atoms with Gasteiger partial charge in [-0.25, -0.2) is 13.1 Å². The summed E-state index contributed by atoms with van der Waals surface area (Å²) in [5.74, 6) is 0. The first-order chi connectivity index (χ1) is 8.53. The molecule has 0 fully saturated rings. The predicted octanol–water partition coefficient (Wildman–Crippen LogP) is 3.01. The summed E-state index contributed by atoms with van der Waals surface area (Å²) in [5.41, 5.74) is 0.801. The number of sulfonamides is 1. The lowest BCUT2D eigenvalue weighted by atomic mass is 10.1. The maximum absolute atomic E-state index is 12.2. The van der Waals surface area contributed by atoms with Crippen LogP contribution in [0.5, 0.6) is 0 Å². The van der Waals surface area contributed by atoms with Crippen LogP contribution in [-0.4, -0.2) is 15.0 Å². The zero-order valence-electron chi connectivity index (χ0n) is 9.97. The van der Waals surface area contributed by atoms with E-state index in [9.17, 15) is 8.42 Å². The molecule has 0 radical (unpaired) electrons. The predicted molar refractivity (Wildman–Crippen MR) is 83.8 cm³/mol. The molecule has 0 amide bonds. The standard InChI is InChI=1S/C13H16INO2S/c1-3-7-13(18(16,17)15-10-4-2)11-8-5-6-9-12(11)14/h3-6,8-9,13,15H,1-2,7,10H2. The Kier molecular flexibility index (Phi) is 6.04. The van der Waals surface area contributed by atoms with Gasteiger partial charge in [0.2, 0.25) is 10.0 Å². The first-order valence-electron chi connectivity index (χ1n) is 5.47. The van der Waals surface area contributed by atoms with Crippen LogP contribution >= 0.6 is 22.6 Å². The van der Waals surface area contributed by atoms with Gasteiger partial charge in [-0.1, -0.05) is 30.4 Å². The minimum atomic E-state index is -3.42. The van der Waals surface area contributed by atoms with Crippen LogP contribution in [0.15, 0.2) is 49.6 Å². The zero-order valence-corrected chi connectivity index (χ0v) is 12.9. The summed E-state index contributed by atoms with van der Waals surface area (Å²) in [6.07, 6.45) is 3.53. The molecule has 0 aliphatic heterocycles. The van der Waals surface area contributed by atoms with E-state index < -0.39 is 15.3 Å². The molecule has 1 atom stereocenters. The number of hydrogen-bond acceptors (Lipinski definition) is 2. The van der Waals surface area contributed by atoms with Gasteiger partial charge in [-0.3, -0.25) is 0 Å². The van der Waals surface area contributed by atoms with Gasteiger partial charge in [-0.2, -0.15) is 0 Å². The van der Waals surface area contributed by atoms with Crippen molar-refractivity contribution in [3.63, 3.8) is 0 Å².